The molecule has 0 amide bonds. The lowest BCUT2D eigenvalue weighted by atomic mass is 9.95. The smallest absolute Gasteiger partial charge is 0.338 e. The second-order valence-electron chi connectivity index (χ2n) is 9.61. The third kappa shape index (κ3) is 6.44. The standard InChI is InChI=1S/C32H27Br3N2O6S/c1-5-42-31(39)27-17(2)36-32-37(28(27)21-14-24(40-3)25(41-4)15-22(21)34)30(38)26(44-32)12-19-11-20(33)13-23(35)29(19)43-16-18-9-7-6-8-10-18/h6-15,28H,5,16H2,1-4H3/b26-12-/t28-/m0/s1. The van der Waals surface area contributed by atoms with Gasteiger partial charge in [-0.15, -0.1) is 0 Å². The number of thiazole rings is 1. The summed E-state index contributed by atoms with van der Waals surface area (Å²) >= 11 is 12.0. The van der Waals surface area contributed by atoms with Crippen molar-refractivity contribution in [2.75, 3.05) is 20.8 Å². The van der Waals surface area contributed by atoms with Crippen molar-refractivity contribution in [2.24, 2.45) is 4.99 Å². The first kappa shape index (κ1) is 32.2. The van der Waals surface area contributed by atoms with Gasteiger partial charge in [-0.3, -0.25) is 9.36 Å². The average Bonchev–Trinajstić information content (AvgIpc) is 3.30. The van der Waals surface area contributed by atoms with Crippen molar-refractivity contribution in [3.05, 3.63) is 116 Å². The zero-order valence-corrected chi connectivity index (χ0v) is 29.7. The van der Waals surface area contributed by atoms with Crippen molar-refractivity contribution in [2.45, 2.75) is 26.5 Å². The average molecular weight is 807 g/mol. The van der Waals surface area contributed by atoms with E-state index < -0.39 is 12.0 Å². The van der Waals surface area contributed by atoms with Gasteiger partial charge in [-0.25, -0.2) is 9.79 Å². The number of ether oxygens (including phenoxy) is 4. The predicted molar refractivity (Wildman–Crippen MR) is 180 cm³/mol. The van der Waals surface area contributed by atoms with E-state index in [2.05, 4.69) is 52.8 Å². The number of benzene rings is 3. The molecule has 8 nitrogen and oxygen atoms in total. The first-order valence-corrected chi connectivity index (χ1v) is 16.6. The monoisotopic (exact) mass is 804 g/mol. The van der Waals surface area contributed by atoms with Crippen LogP contribution in [0.1, 0.15) is 36.6 Å². The summed E-state index contributed by atoms with van der Waals surface area (Å²) in [6, 6.07) is 16.3. The van der Waals surface area contributed by atoms with Crippen molar-refractivity contribution in [1.29, 1.82) is 0 Å². The zero-order chi connectivity index (χ0) is 31.5. The molecule has 44 heavy (non-hydrogen) atoms. The van der Waals surface area contributed by atoms with E-state index in [0.29, 0.717) is 54.5 Å². The number of aromatic nitrogens is 1. The first-order valence-electron chi connectivity index (χ1n) is 13.4. The van der Waals surface area contributed by atoms with Crippen LogP contribution in [0.25, 0.3) is 6.08 Å². The Hall–Kier alpha value is -3.19. The maximum atomic E-state index is 14.3. The van der Waals surface area contributed by atoms with Crippen molar-refractivity contribution < 1.29 is 23.7 Å². The highest BCUT2D eigenvalue weighted by atomic mass is 79.9. The van der Waals surface area contributed by atoms with Crippen molar-refractivity contribution >= 4 is 71.2 Å². The van der Waals surface area contributed by atoms with E-state index in [1.807, 2.05) is 42.5 Å². The number of carbonyl (C=O) groups is 1. The van der Waals surface area contributed by atoms with E-state index in [0.717, 1.165) is 14.5 Å². The number of carbonyl (C=O) groups excluding carboxylic acids is 1. The number of methoxy groups -OCH3 is 2. The molecule has 0 saturated carbocycles. The van der Waals surface area contributed by atoms with Gasteiger partial charge in [0, 0.05) is 14.5 Å². The Bertz CT molecular complexity index is 1950. The fourth-order valence-corrected chi connectivity index (χ4v) is 7.83. The zero-order valence-electron chi connectivity index (χ0n) is 24.2. The molecule has 1 aromatic heterocycles. The van der Waals surface area contributed by atoms with Crippen LogP contribution >= 0.6 is 59.1 Å². The molecular weight excluding hydrogens is 780 g/mol. The molecule has 0 bridgehead atoms. The highest BCUT2D eigenvalue weighted by Crippen LogP contribution is 2.41. The maximum absolute atomic E-state index is 14.3. The summed E-state index contributed by atoms with van der Waals surface area (Å²) in [6.45, 7) is 3.99. The second kappa shape index (κ2) is 13.8. The van der Waals surface area contributed by atoms with E-state index in [4.69, 9.17) is 18.9 Å². The fourth-order valence-electron chi connectivity index (χ4n) is 4.88. The van der Waals surface area contributed by atoms with Crippen LogP contribution < -0.4 is 29.1 Å². The Kier molecular flexibility index (Phi) is 10.1. The molecule has 0 aliphatic carbocycles. The summed E-state index contributed by atoms with van der Waals surface area (Å²) in [6.07, 6.45) is 1.78. The quantitative estimate of drug-likeness (QED) is 0.176. The lowest BCUT2D eigenvalue weighted by molar-refractivity contribution is -0.139. The van der Waals surface area contributed by atoms with Crippen LogP contribution in [0.5, 0.6) is 17.2 Å². The van der Waals surface area contributed by atoms with Crippen LogP contribution in [0.3, 0.4) is 0 Å². The van der Waals surface area contributed by atoms with Crippen LogP contribution in [0.2, 0.25) is 0 Å². The second-order valence-corrected chi connectivity index (χ2v) is 13.2. The molecule has 0 spiro atoms. The van der Waals surface area contributed by atoms with Crippen LogP contribution in [0.15, 0.2) is 89.1 Å². The van der Waals surface area contributed by atoms with Gasteiger partial charge in [-0.05, 0) is 71.2 Å². The SMILES string of the molecule is CCOC(=O)C1=C(C)N=c2s/c(=C\c3cc(Br)cc(Br)c3OCc3ccccc3)c(=O)n2[C@H]1c1cc(OC)c(OC)cc1Br. The Balaban J connectivity index is 1.71. The molecule has 12 heteroatoms. The number of rotatable bonds is 9. The highest BCUT2D eigenvalue weighted by molar-refractivity contribution is 9.11. The van der Waals surface area contributed by atoms with Gasteiger partial charge in [0.05, 0.1) is 47.1 Å². The Morgan fingerprint density at radius 3 is 2.41 bits per heavy atom. The largest absolute Gasteiger partial charge is 0.493 e. The number of hydrogen-bond acceptors (Lipinski definition) is 8. The maximum Gasteiger partial charge on any atom is 0.338 e. The molecule has 0 unspecified atom stereocenters. The van der Waals surface area contributed by atoms with Crippen LogP contribution in [-0.4, -0.2) is 31.4 Å². The number of hydrogen-bond donors (Lipinski definition) is 0. The molecule has 0 radical (unpaired) electrons. The lowest BCUT2D eigenvalue weighted by Gasteiger charge is -2.26. The minimum absolute atomic E-state index is 0.170. The van der Waals surface area contributed by atoms with E-state index in [1.54, 1.807) is 39.2 Å². The molecule has 3 aromatic carbocycles. The van der Waals surface area contributed by atoms with Crippen LogP contribution in [0, 0.1) is 0 Å². The van der Waals surface area contributed by atoms with E-state index >= 15 is 0 Å². The van der Waals surface area contributed by atoms with Crippen LogP contribution in [-0.2, 0) is 16.1 Å². The normalized spacial score (nSPS) is 14.6. The van der Waals surface area contributed by atoms with Gasteiger partial charge in [0.1, 0.15) is 12.4 Å². The molecule has 2 heterocycles. The molecule has 4 aromatic rings. The third-order valence-electron chi connectivity index (χ3n) is 6.86. The lowest BCUT2D eigenvalue weighted by Crippen LogP contribution is -2.40. The topological polar surface area (TPSA) is 88.4 Å². The van der Waals surface area contributed by atoms with Crippen LogP contribution in [0.4, 0.5) is 0 Å². The number of halogens is 3. The van der Waals surface area contributed by atoms with Gasteiger partial charge in [-0.2, -0.15) is 0 Å². The van der Waals surface area contributed by atoms with Crippen molar-refractivity contribution in [3.63, 3.8) is 0 Å². The molecule has 1 aliphatic heterocycles. The minimum atomic E-state index is -0.843. The summed E-state index contributed by atoms with van der Waals surface area (Å²) in [5.74, 6) is 0.981. The Labute approximate surface area is 283 Å². The fraction of sp³-hybridized carbons (Fsp3) is 0.219. The van der Waals surface area contributed by atoms with Gasteiger partial charge >= 0.3 is 5.97 Å². The molecule has 0 saturated heterocycles. The number of esters is 1. The predicted octanol–water partition coefficient (Wildman–Crippen LogP) is 6.68. The first-order chi connectivity index (χ1) is 21.2. The van der Waals surface area contributed by atoms with Gasteiger partial charge in [-0.1, -0.05) is 73.5 Å². The summed E-state index contributed by atoms with van der Waals surface area (Å²) in [5.41, 5.74) is 2.72. The molecule has 228 valence electrons. The van der Waals surface area contributed by atoms with Crippen molar-refractivity contribution in [1.82, 2.24) is 4.57 Å². The third-order valence-corrected chi connectivity index (χ3v) is 9.58. The summed E-state index contributed by atoms with van der Waals surface area (Å²) in [7, 11) is 3.07. The van der Waals surface area contributed by atoms with E-state index in [1.165, 1.54) is 23.0 Å². The van der Waals surface area contributed by atoms with Gasteiger partial charge in [0.15, 0.2) is 16.3 Å². The van der Waals surface area contributed by atoms with Gasteiger partial charge < -0.3 is 18.9 Å². The Morgan fingerprint density at radius 1 is 1.02 bits per heavy atom. The molecular formula is C32H27Br3N2O6S. The molecule has 0 fully saturated rings. The van der Waals surface area contributed by atoms with Crippen molar-refractivity contribution in [3.8, 4) is 17.2 Å². The minimum Gasteiger partial charge on any atom is -0.493 e. The Morgan fingerprint density at radius 2 is 1.73 bits per heavy atom. The summed E-state index contributed by atoms with van der Waals surface area (Å²) < 4.78 is 26.8. The summed E-state index contributed by atoms with van der Waals surface area (Å²) in [4.78, 5) is 32.7. The molecule has 5 rings (SSSR count). The van der Waals surface area contributed by atoms with E-state index in [9.17, 15) is 9.59 Å². The molecule has 0 N–H and O–H groups in total. The van der Waals surface area contributed by atoms with E-state index in [-0.39, 0.29) is 17.7 Å². The number of fused-ring (bicyclic) bond motifs is 1. The van der Waals surface area contributed by atoms with Gasteiger partial charge in [0.25, 0.3) is 5.56 Å². The highest BCUT2D eigenvalue weighted by Gasteiger charge is 2.35. The number of nitrogens with zero attached hydrogens (tertiary/aromatic N) is 2. The summed E-state index contributed by atoms with van der Waals surface area (Å²) in [5, 5.41) is 0. The molecule has 1 aliphatic rings. The number of allylic oxidation sites excluding steroid dienone is 1. The molecule has 1 atom stereocenters. The van der Waals surface area contributed by atoms with Gasteiger partial charge in [0.2, 0.25) is 0 Å².